The van der Waals surface area contributed by atoms with E-state index in [-0.39, 0.29) is 58.4 Å². The third kappa shape index (κ3) is 5.94. The summed E-state index contributed by atoms with van der Waals surface area (Å²) in [6.07, 6.45) is -3.03. The van der Waals surface area contributed by atoms with E-state index in [2.05, 4.69) is 5.32 Å². The second-order valence-corrected chi connectivity index (χ2v) is 13.4. The minimum absolute atomic E-state index is 0.0548. The molecule has 0 saturated carbocycles. The van der Waals surface area contributed by atoms with E-state index in [0.717, 1.165) is 17.5 Å². The molecule has 0 unspecified atom stereocenters. The first kappa shape index (κ1) is 31.6. The van der Waals surface area contributed by atoms with Crippen molar-refractivity contribution in [1.82, 2.24) is 5.32 Å². The quantitative estimate of drug-likeness (QED) is 0.251. The Morgan fingerprint density at radius 1 is 0.955 bits per heavy atom. The van der Waals surface area contributed by atoms with Crippen molar-refractivity contribution >= 4 is 28.9 Å². The van der Waals surface area contributed by atoms with Gasteiger partial charge in [-0.25, -0.2) is 0 Å². The number of carbonyl (C=O) groups excluding carboxylic acids is 2. The highest BCUT2D eigenvalue weighted by Crippen LogP contribution is 2.53. The summed E-state index contributed by atoms with van der Waals surface area (Å²) >= 11 is 6.72. The highest BCUT2D eigenvalue weighted by atomic mass is 35.5. The fourth-order valence-corrected chi connectivity index (χ4v) is 6.63. The van der Waals surface area contributed by atoms with Gasteiger partial charge in [0.2, 0.25) is 5.75 Å². The summed E-state index contributed by atoms with van der Waals surface area (Å²) in [5, 5.41) is 15.1. The van der Waals surface area contributed by atoms with Crippen LogP contribution in [0.5, 0.6) is 17.2 Å². The first-order valence-electron chi connectivity index (χ1n) is 14.2. The summed E-state index contributed by atoms with van der Waals surface area (Å²) in [5.41, 5.74) is 0.298. The molecular weight excluding hydrogens is 601 g/mol. The second-order valence-electron chi connectivity index (χ2n) is 13.0. The molecule has 1 N–H and O–H groups in total. The molecule has 0 fully saturated rings. The molecule has 0 saturated heterocycles. The topological polar surface area (TPSA) is 108 Å². The molecule has 2 aromatic rings. The molecule has 1 aliphatic heterocycles. The van der Waals surface area contributed by atoms with Crippen LogP contribution < -0.4 is 14.8 Å². The van der Waals surface area contributed by atoms with Gasteiger partial charge in [0.1, 0.15) is 0 Å². The van der Waals surface area contributed by atoms with Gasteiger partial charge in [-0.15, -0.1) is 0 Å². The van der Waals surface area contributed by atoms with E-state index in [1.165, 1.54) is 6.07 Å². The van der Waals surface area contributed by atoms with Crippen LogP contribution in [-0.4, -0.2) is 23.1 Å². The number of ketones is 2. The van der Waals surface area contributed by atoms with Crippen LogP contribution in [0.15, 0.2) is 52.9 Å². The van der Waals surface area contributed by atoms with Crippen LogP contribution in [0, 0.1) is 20.9 Å². The number of hydrogen-bond donors (Lipinski definition) is 1. The molecule has 2 aromatic carbocycles. The minimum Gasteiger partial charge on any atom is -0.490 e. The zero-order chi connectivity index (χ0) is 32.4. The standard InChI is InChI=1S/C32H32ClF3N2O6/c1-6-43-25-10-16(9-18(33)29(25)44-24-8-7-17(32(34,35)36)11-21(24)38(41)42)26-27-19(12-30(2,3)14-22(27)39)37-20-13-31(4,5)15-23(40)28(20)26/h7-11,26,37H,6,12-15H2,1-5H3. The molecule has 2 aliphatic carbocycles. The Kier molecular flexibility index (Phi) is 7.85. The Morgan fingerprint density at radius 3 is 2.02 bits per heavy atom. The van der Waals surface area contributed by atoms with E-state index in [1.54, 1.807) is 13.0 Å². The molecule has 0 atom stereocenters. The predicted octanol–water partition coefficient (Wildman–Crippen LogP) is 8.43. The van der Waals surface area contributed by atoms with Crippen molar-refractivity contribution in [3.8, 4) is 17.2 Å². The molecule has 0 spiro atoms. The Morgan fingerprint density at radius 2 is 1.52 bits per heavy atom. The molecule has 44 heavy (non-hydrogen) atoms. The van der Waals surface area contributed by atoms with Crippen LogP contribution in [0.4, 0.5) is 18.9 Å². The lowest BCUT2D eigenvalue weighted by atomic mass is 9.64. The van der Waals surface area contributed by atoms with Crippen molar-refractivity contribution in [2.45, 2.75) is 72.4 Å². The fourth-order valence-electron chi connectivity index (χ4n) is 6.37. The summed E-state index contributed by atoms with van der Waals surface area (Å²) in [4.78, 5) is 38.1. The van der Waals surface area contributed by atoms with Crippen molar-refractivity contribution in [3.05, 3.63) is 79.1 Å². The molecule has 0 bridgehead atoms. The van der Waals surface area contributed by atoms with Gasteiger partial charge in [0.25, 0.3) is 0 Å². The lowest BCUT2D eigenvalue weighted by molar-refractivity contribution is -0.385. The second kappa shape index (κ2) is 10.9. The number of ether oxygens (including phenoxy) is 2. The largest absolute Gasteiger partial charge is 0.490 e. The van der Waals surface area contributed by atoms with Crippen LogP contribution in [0.25, 0.3) is 0 Å². The van der Waals surface area contributed by atoms with Crippen LogP contribution in [0.3, 0.4) is 0 Å². The Balaban J connectivity index is 1.66. The average molecular weight is 633 g/mol. The SMILES string of the molecule is CCOc1cc(C2C3=C(CC(C)(C)CC3=O)NC3=C2C(=O)CC(C)(C)C3)cc(Cl)c1Oc1ccc(C(F)(F)F)cc1[N+](=O)[O-]. The number of nitro benzene ring substituents is 1. The van der Waals surface area contributed by atoms with E-state index < -0.39 is 34.0 Å². The first-order valence-corrected chi connectivity index (χ1v) is 14.6. The van der Waals surface area contributed by atoms with Crippen LogP contribution >= 0.6 is 11.6 Å². The van der Waals surface area contributed by atoms with Gasteiger partial charge < -0.3 is 14.8 Å². The Labute approximate surface area is 257 Å². The van der Waals surface area contributed by atoms with Crippen LogP contribution in [0.2, 0.25) is 5.02 Å². The van der Waals surface area contributed by atoms with Gasteiger partial charge in [-0.2, -0.15) is 13.2 Å². The number of allylic oxidation sites excluding steroid dienone is 4. The van der Waals surface area contributed by atoms with E-state index in [4.69, 9.17) is 21.1 Å². The van der Waals surface area contributed by atoms with Crippen LogP contribution in [0.1, 0.15) is 77.3 Å². The Bertz CT molecular complexity index is 1610. The molecule has 0 amide bonds. The van der Waals surface area contributed by atoms with Gasteiger partial charge in [-0.05, 0) is 60.4 Å². The molecule has 3 aliphatic rings. The maximum Gasteiger partial charge on any atom is 0.416 e. The van der Waals surface area contributed by atoms with Gasteiger partial charge in [-0.1, -0.05) is 39.3 Å². The summed E-state index contributed by atoms with van der Waals surface area (Å²) in [5.74, 6) is -1.48. The molecule has 5 rings (SSSR count). The van der Waals surface area contributed by atoms with Crippen molar-refractivity contribution in [3.63, 3.8) is 0 Å². The summed E-state index contributed by atoms with van der Waals surface area (Å²) in [7, 11) is 0. The molecular formula is C32H32ClF3N2O6. The number of nitrogens with one attached hydrogen (secondary N) is 1. The van der Waals surface area contributed by atoms with Gasteiger partial charge in [0.15, 0.2) is 23.1 Å². The molecule has 234 valence electrons. The smallest absolute Gasteiger partial charge is 0.416 e. The predicted molar refractivity (Wildman–Crippen MR) is 157 cm³/mol. The summed E-state index contributed by atoms with van der Waals surface area (Å²) < 4.78 is 51.3. The normalized spacial score (nSPS) is 19.8. The fraction of sp³-hybridized carbons (Fsp3) is 0.438. The van der Waals surface area contributed by atoms with E-state index in [9.17, 15) is 32.9 Å². The lowest BCUT2D eigenvalue weighted by Crippen LogP contribution is -2.42. The number of dihydropyridines is 1. The minimum atomic E-state index is -4.80. The maximum absolute atomic E-state index is 13.7. The van der Waals surface area contributed by atoms with Gasteiger partial charge >= 0.3 is 11.9 Å². The van der Waals surface area contributed by atoms with E-state index in [1.807, 2.05) is 27.7 Å². The average Bonchev–Trinajstić information content (AvgIpc) is 2.87. The van der Waals surface area contributed by atoms with Gasteiger partial charge in [0, 0.05) is 47.4 Å². The van der Waals surface area contributed by atoms with Gasteiger partial charge in [0.05, 0.1) is 22.1 Å². The number of alkyl halides is 3. The summed E-state index contributed by atoms with van der Waals surface area (Å²) in [6.45, 7) is 9.88. The van der Waals surface area contributed by atoms with Crippen molar-refractivity contribution < 1.29 is 37.2 Å². The first-order chi connectivity index (χ1) is 20.4. The number of carbonyl (C=O) groups is 2. The third-order valence-electron chi connectivity index (χ3n) is 8.08. The highest BCUT2D eigenvalue weighted by Gasteiger charge is 2.46. The number of rotatable bonds is 6. The van der Waals surface area contributed by atoms with E-state index in [0.29, 0.717) is 41.7 Å². The zero-order valence-corrected chi connectivity index (χ0v) is 25.7. The zero-order valence-electron chi connectivity index (χ0n) is 24.9. The number of nitrogens with zero attached hydrogens (tertiary/aromatic N) is 1. The highest BCUT2D eigenvalue weighted by molar-refractivity contribution is 6.32. The number of Topliss-reactive ketones (excluding diaryl/α,β-unsaturated/α-hetero) is 2. The monoisotopic (exact) mass is 632 g/mol. The number of benzene rings is 2. The molecule has 0 radical (unpaired) electrons. The molecule has 8 nitrogen and oxygen atoms in total. The third-order valence-corrected chi connectivity index (χ3v) is 8.36. The van der Waals surface area contributed by atoms with Crippen molar-refractivity contribution in [1.29, 1.82) is 0 Å². The van der Waals surface area contributed by atoms with Crippen molar-refractivity contribution in [2.24, 2.45) is 10.8 Å². The van der Waals surface area contributed by atoms with E-state index >= 15 is 0 Å². The number of halogens is 4. The number of hydrogen-bond acceptors (Lipinski definition) is 7. The summed E-state index contributed by atoms with van der Waals surface area (Å²) in [6, 6.07) is 5.01. The number of nitro groups is 1. The van der Waals surface area contributed by atoms with Gasteiger partial charge in [-0.3, -0.25) is 19.7 Å². The lowest BCUT2D eigenvalue weighted by Gasteiger charge is -2.44. The Hall–Kier alpha value is -3.86. The molecule has 0 aromatic heterocycles. The molecule has 12 heteroatoms. The van der Waals surface area contributed by atoms with Crippen molar-refractivity contribution in [2.75, 3.05) is 6.61 Å². The maximum atomic E-state index is 13.7. The van der Waals surface area contributed by atoms with Crippen LogP contribution in [-0.2, 0) is 15.8 Å². The molecule has 1 heterocycles.